The summed E-state index contributed by atoms with van der Waals surface area (Å²) >= 11 is 0. The first-order chi connectivity index (χ1) is 10.3. The minimum atomic E-state index is -0.320. The van der Waals surface area contributed by atoms with Crippen molar-refractivity contribution < 1.29 is 9.53 Å². The molecule has 0 amide bonds. The SMILES string of the molecule is COC(=O)c1ccc(N2CCN=C2c2ccccc2)cc1. The van der Waals surface area contributed by atoms with Crippen molar-refractivity contribution in [2.45, 2.75) is 0 Å². The van der Waals surface area contributed by atoms with E-state index in [0.29, 0.717) is 5.56 Å². The van der Waals surface area contributed by atoms with Crippen molar-refractivity contribution in [3.8, 4) is 0 Å². The molecule has 0 radical (unpaired) electrons. The summed E-state index contributed by atoms with van der Waals surface area (Å²) in [5.41, 5.74) is 2.69. The van der Waals surface area contributed by atoms with Crippen molar-refractivity contribution in [3.05, 3.63) is 65.7 Å². The fraction of sp³-hybridized carbons (Fsp3) is 0.176. The van der Waals surface area contributed by atoms with Gasteiger partial charge in [-0.2, -0.15) is 0 Å². The molecule has 0 unspecified atom stereocenters. The maximum absolute atomic E-state index is 11.5. The van der Waals surface area contributed by atoms with Crippen LogP contribution < -0.4 is 4.90 Å². The zero-order valence-electron chi connectivity index (χ0n) is 11.8. The molecule has 0 fully saturated rings. The number of benzene rings is 2. The van der Waals surface area contributed by atoms with Gasteiger partial charge in [0.2, 0.25) is 0 Å². The van der Waals surface area contributed by atoms with Gasteiger partial charge < -0.3 is 9.64 Å². The van der Waals surface area contributed by atoms with Crippen molar-refractivity contribution in [3.63, 3.8) is 0 Å². The Morgan fingerprint density at radius 2 is 1.81 bits per heavy atom. The van der Waals surface area contributed by atoms with E-state index in [1.54, 1.807) is 12.1 Å². The smallest absolute Gasteiger partial charge is 0.337 e. The molecule has 21 heavy (non-hydrogen) atoms. The summed E-state index contributed by atoms with van der Waals surface area (Å²) < 4.78 is 4.72. The average Bonchev–Trinajstić information content (AvgIpc) is 3.04. The lowest BCUT2D eigenvalue weighted by Gasteiger charge is -2.20. The maximum atomic E-state index is 11.5. The van der Waals surface area contributed by atoms with Crippen LogP contribution in [0.5, 0.6) is 0 Å². The third-order valence-corrected chi connectivity index (χ3v) is 3.47. The molecule has 0 atom stereocenters. The van der Waals surface area contributed by atoms with Crippen LogP contribution in [-0.4, -0.2) is 32.0 Å². The monoisotopic (exact) mass is 280 g/mol. The second kappa shape index (κ2) is 5.79. The first-order valence-corrected chi connectivity index (χ1v) is 6.85. The quantitative estimate of drug-likeness (QED) is 0.812. The number of esters is 1. The fourth-order valence-electron chi connectivity index (χ4n) is 2.43. The number of anilines is 1. The van der Waals surface area contributed by atoms with E-state index < -0.39 is 0 Å². The van der Waals surface area contributed by atoms with Crippen LogP contribution in [0, 0.1) is 0 Å². The molecule has 4 nitrogen and oxygen atoms in total. The Bertz CT molecular complexity index is 663. The maximum Gasteiger partial charge on any atom is 0.337 e. The predicted molar refractivity (Wildman–Crippen MR) is 83.0 cm³/mol. The van der Waals surface area contributed by atoms with E-state index in [9.17, 15) is 4.79 Å². The Balaban J connectivity index is 1.87. The van der Waals surface area contributed by atoms with Crippen LogP contribution >= 0.6 is 0 Å². The van der Waals surface area contributed by atoms with Gasteiger partial charge in [-0.15, -0.1) is 0 Å². The van der Waals surface area contributed by atoms with Gasteiger partial charge in [0.15, 0.2) is 0 Å². The molecule has 0 saturated heterocycles. The van der Waals surface area contributed by atoms with Gasteiger partial charge in [-0.3, -0.25) is 4.99 Å². The summed E-state index contributed by atoms with van der Waals surface area (Å²) in [4.78, 5) is 18.2. The lowest BCUT2D eigenvalue weighted by atomic mass is 10.1. The third kappa shape index (κ3) is 2.65. The molecule has 1 aliphatic rings. The van der Waals surface area contributed by atoms with Gasteiger partial charge in [0.25, 0.3) is 0 Å². The Hall–Kier alpha value is -2.62. The highest BCUT2D eigenvalue weighted by Gasteiger charge is 2.20. The standard InChI is InChI=1S/C17H16N2O2/c1-21-17(20)14-7-9-15(10-8-14)19-12-11-18-16(19)13-5-3-2-4-6-13/h2-10H,11-12H2,1H3. The van der Waals surface area contributed by atoms with Crippen LogP contribution in [0.25, 0.3) is 0 Å². The Kier molecular flexibility index (Phi) is 3.69. The van der Waals surface area contributed by atoms with Crippen LogP contribution in [0.3, 0.4) is 0 Å². The summed E-state index contributed by atoms with van der Waals surface area (Å²) in [7, 11) is 1.39. The van der Waals surface area contributed by atoms with Crippen molar-refractivity contribution in [1.82, 2.24) is 0 Å². The van der Waals surface area contributed by atoms with Gasteiger partial charge in [0, 0.05) is 17.8 Å². The second-order valence-electron chi connectivity index (χ2n) is 4.76. The molecule has 0 aromatic heterocycles. The number of aliphatic imine (C=N–C) groups is 1. The van der Waals surface area contributed by atoms with Crippen molar-refractivity contribution in [2.75, 3.05) is 25.1 Å². The van der Waals surface area contributed by atoms with Gasteiger partial charge in [-0.05, 0) is 24.3 Å². The van der Waals surface area contributed by atoms with Gasteiger partial charge in [0.05, 0.1) is 19.2 Å². The first-order valence-electron chi connectivity index (χ1n) is 6.85. The first kappa shape index (κ1) is 13.4. The molecule has 1 heterocycles. The molecule has 0 aliphatic carbocycles. The number of nitrogens with zero attached hydrogens (tertiary/aromatic N) is 2. The van der Waals surface area contributed by atoms with E-state index >= 15 is 0 Å². The Morgan fingerprint density at radius 1 is 1.10 bits per heavy atom. The number of ether oxygens (including phenoxy) is 1. The van der Waals surface area contributed by atoms with Gasteiger partial charge in [-0.25, -0.2) is 4.79 Å². The molecule has 3 rings (SSSR count). The molecule has 0 spiro atoms. The lowest BCUT2D eigenvalue weighted by molar-refractivity contribution is 0.0601. The van der Waals surface area contributed by atoms with Gasteiger partial charge in [-0.1, -0.05) is 30.3 Å². The van der Waals surface area contributed by atoms with E-state index in [1.807, 2.05) is 30.3 Å². The molecule has 106 valence electrons. The normalized spacial score (nSPS) is 14.0. The van der Waals surface area contributed by atoms with Crippen LogP contribution in [0.1, 0.15) is 15.9 Å². The summed E-state index contributed by atoms with van der Waals surface area (Å²) in [6, 6.07) is 17.5. The second-order valence-corrected chi connectivity index (χ2v) is 4.76. The molecular formula is C17H16N2O2. The van der Waals surface area contributed by atoms with Crippen LogP contribution in [0.15, 0.2) is 59.6 Å². The van der Waals surface area contributed by atoms with Crippen LogP contribution in [-0.2, 0) is 4.74 Å². The van der Waals surface area contributed by atoms with Crippen molar-refractivity contribution >= 4 is 17.5 Å². The highest BCUT2D eigenvalue weighted by Crippen LogP contribution is 2.21. The van der Waals surface area contributed by atoms with E-state index in [1.165, 1.54) is 7.11 Å². The molecule has 2 aromatic carbocycles. The summed E-state index contributed by atoms with van der Waals surface area (Å²) in [6.45, 7) is 1.63. The highest BCUT2D eigenvalue weighted by atomic mass is 16.5. The number of carbonyl (C=O) groups excluding carboxylic acids is 1. The van der Waals surface area contributed by atoms with Crippen LogP contribution in [0.2, 0.25) is 0 Å². The molecule has 1 aliphatic heterocycles. The Labute approximate surface area is 123 Å². The summed E-state index contributed by atoms with van der Waals surface area (Å²) in [6.07, 6.45) is 0. The highest BCUT2D eigenvalue weighted by molar-refractivity contribution is 6.11. The number of carbonyl (C=O) groups is 1. The predicted octanol–water partition coefficient (Wildman–Crippen LogP) is 2.74. The topological polar surface area (TPSA) is 41.9 Å². The fourth-order valence-corrected chi connectivity index (χ4v) is 2.43. The molecule has 2 aromatic rings. The zero-order chi connectivity index (χ0) is 14.7. The van der Waals surface area contributed by atoms with E-state index in [-0.39, 0.29) is 5.97 Å². The third-order valence-electron chi connectivity index (χ3n) is 3.47. The lowest BCUT2D eigenvalue weighted by Crippen LogP contribution is -2.28. The molecular weight excluding hydrogens is 264 g/mol. The molecule has 0 bridgehead atoms. The van der Waals surface area contributed by atoms with Crippen molar-refractivity contribution in [2.24, 2.45) is 4.99 Å². The minimum Gasteiger partial charge on any atom is -0.465 e. The van der Waals surface area contributed by atoms with E-state index in [4.69, 9.17) is 4.74 Å². The number of hydrogen-bond acceptors (Lipinski definition) is 4. The molecule has 4 heteroatoms. The number of rotatable bonds is 3. The summed E-state index contributed by atoms with van der Waals surface area (Å²) in [5, 5.41) is 0. The molecule has 0 saturated carbocycles. The van der Waals surface area contributed by atoms with Crippen LogP contribution in [0.4, 0.5) is 5.69 Å². The number of hydrogen-bond donors (Lipinski definition) is 0. The van der Waals surface area contributed by atoms with E-state index in [0.717, 1.165) is 30.2 Å². The zero-order valence-corrected chi connectivity index (χ0v) is 11.8. The van der Waals surface area contributed by atoms with Gasteiger partial charge >= 0.3 is 5.97 Å². The number of amidine groups is 1. The minimum absolute atomic E-state index is 0.320. The van der Waals surface area contributed by atoms with E-state index in [2.05, 4.69) is 22.0 Å². The van der Waals surface area contributed by atoms with Gasteiger partial charge in [0.1, 0.15) is 5.84 Å². The Morgan fingerprint density at radius 3 is 2.48 bits per heavy atom. The average molecular weight is 280 g/mol. The summed E-state index contributed by atoms with van der Waals surface area (Å²) in [5.74, 6) is 0.654. The van der Waals surface area contributed by atoms with Crippen molar-refractivity contribution in [1.29, 1.82) is 0 Å². The largest absolute Gasteiger partial charge is 0.465 e. The number of methoxy groups -OCH3 is 1. The molecule has 0 N–H and O–H groups in total.